The molecule has 0 unspecified atom stereocenters. The van der Waals surface area contributed by atoms with E-state index in [1.54, 1.807) is 31.4 Å². The van der Waals surface area contributed by atoms with Gasteiger partial charge in [0, 0.05) is 5.56 Å². The number of aromatic nitrogens is 2. The van der Waals surface area contributed by atoms with Crippen LogP contribution in [0, 0.1) is 0 Å². The summed E-state index contributed by atoms with van der Waals surface area (Å²) in [4.78, 5) is 12.2. The average molecular weight is 373 g/mol. The number of carbonyl (C=O) groups is 1. The minimum Gasteiger partial charge on any atom is -0.497 e. The van der Waals surface area contributed by atoms with Crippen molar-refractivity contribution in [1.82, 2.24) is 10.2 Å². The zero-order valence-electron chi connectivity index (χ0n) is 13.3. The summed E-state index contributed by atoms with van der Waals surface area (Å²) in [7, 11) is 0.263. The molecule has 0 aliphatic rings. The predicted molar refractivity (Wildman–Crippen MR) is 97.4 cm³/mol. The third kappa shape index (κ3) is 4.49. The van der Waals surface area contributed by atoms with E-state index in [1.165, 1.54) is 0 Å². The Morgan fingerprint density at radius 3 is 2.52 bits per heavy atom. The first kappa shape index (κ1) is 17.2. The van der Waals surface area contributed by atoms with Crippen LogP contribution in [-0.2, 0) is 16.6 Å². The average Bonchev–Trinajstić information content (AvgIpc) is 3.11. The van der Waals surface area contributed by atoms with E-state index in [-0.39, 0.29) is 5.91 Å². The normalized spacial score (nSPS) is 11.7. The van der Waals surface area contributed by atoms with Gasteiger partial charge in [0.1, 0.15) is 5.75 Å². The summed E-state index contributed by atoms with van der Waals surface area (Å²) in [5.74, 6) is 0.729. The first-order chi connectivity index (χ1) is 12.2. The zero-order valence-corrected chi connectivity index (χ0v) is 15.0. The van der Waals surface area contributed by atoms with E-state index in [9.17, 15) is 9.00 Å². The second kappa shape index (κ2) is 8.00. The highest BCUT2D eigenvalue weighted by atomic mass is 32.2. The smallest absolute Gasteiger partial charge is 0.257 e. The Hall–Kier alpha value is -2.58. The number of ether oxygens (including phenoxy) is 1. The van der Waals surface area contributed by atoms with Crippen LogP contribution in [0.1, 0.15) is 15.9 Å². The number of hydrogen-bond donors (Lipinski definition) is 1. The molecule has 3 rings (SSSR count). The van der Waals surface area contributed by atoms with Gasteiger partial charge in [-0.05, 0) is 29.8 Å². The lowest BCUT2D eigenvalue weighted by molar-refractivity contribution is 0.102. The number of rotatable bonds is 6. The van der Waals surface area contributed by atoms with E-state index in [2.05, 4.69) is 15.5 Å². The molecule has 3 aromatic rings. The monoisotopic (exact) mass is 373 g/mol. The highest BCUT2D eigenvalue weighted by Crippen LogP contribution is 2.21. The van der Waals surface area contributed by atoms with Gasteiger partial charge in [-0.25, -0.2) is 0 Å². The van der Waals surface area contributed by atoms with Crippen molar-refractivity contribution < 1.29 is 13.7 Å². The number of nitrogens with one attached hydrogen (secondary N) is 1. The van der Waals surface area contributed by atoms with Gasteiger partial charge in [0.25, 0.3) is 5.91 Å². The number of anilines is 1. The molecule has 1 N–H and O–H groups in total. The molecule has 6 nitrogen and oxygen atoms in total. The van der Waals surface area contributed by atoms with Crippen LogP contribution in [-0.4, -0.2) is 27.4 Å². The van der Waals surface area contributed by atoms with Gasteiger partial charge in [0.05, 0.1) is 23.7 Å². The molecule has 25 heavy (non-hydrogen) atoms. The van der Waals surface area contributed by atoms with Crippen molar-refractivity contribution in [2.24, 2.45) is 0 Å². The van der Waals surface area contributed by atoms with Crippen LogP contribution in [0.3, 0.4) is 0 Å². The summed E-state index contributed by atoms with van der Waals surface area (Å²) in [5.41, 5.74) is 1.43. The van der Waals surface area contributed by atoms with Crippen LogP contribution >= 0.6 is 11.3 Å². The first-order valence-corrected chi connectivity index (χ1v) is 9.50. The SMILES string of the molecule is COc1ccc(C(=O)Nc2nnc([S@@](=O)Cc3ccccc3)s2)cc1. The molecule has 0 spiro atoms. The quantitative estimate of drug-likeness (QED) is 0.672. The Balaban J connectivity index is 1.64. The minimum atomic E-state index is -1.30. The summed E-state index contributed by atoms with van der Waals surface area (Å²) >= 11 is 1.11. The molecule has 0 fully saturated rings. The molecule has 2 aromatic carbocycles. The number of carbonyl (C=O) groups excluding carboxylic acids is 1. The summed E-state index contributed by atoms with van der Waals surface area (Å²) < 4.78 is 17.8. The second-order valence-corrected chi connectivity index (χ2v) is 7.63. The molecule has 0 saturated carbocycles. The van der Waals surface area contributed by atoms with E-state index < -0.39 is 10.8 Å². The fraction of sp³-hybridized carbons (Fsp3) is 0.118. The molecule has 0 aliphatic heterocycles. The van der Waals surface area contributed by atoms with Gasteiger partial charge in [0.2, 0.25) is 9.47 Å². The fourth-order valence-corrected chi connectivity index (χ4v) is 4.06. The van der Waals surface area contributed by atoms with Crippen LogP contribution in [0.4, 0.5) is 5.13 Å². The number of amides is 1. The molecule has 0 radical (unpaired) electrons. The molecule has 1 amide bonds. The van der Waals surface area contributed by atoms with Gasteiger partial charge in [-0.1, -0.05) is 41.7 Å². The largest absolute Gasteiger partial charge is 0.497 e. The van der Waals surface area contributed by atoms with Crippen LogP contribution in [0.5, 0.6) is 5.75 Å². The molecule has 128 valence electrons. The highest BCUT2D eigenvalue weighted by Gasteiger charge is 2.14. The van der Waals surface area contributed by atoms with E-state index in [0.717, 1.165) is 16.9 Å². The van der Waals surface area contributed by atoms with Gasteiger partial charge in [-0.15, -0.1) is 10.2 Å². The van der Waals surface area contributed by atoms with Gasteiger partial charge < -0.3 is 4.74 Å². The van der Waals surface area contributed by atoms with E-state index >= 15 is 0 Å². The molecular formula is C17H15N3O3S2. The van der Waals surface area contributed by atoms with Crippen LogP contribution in [0.2, 0.25) is 0 Å². The minimum absolute atomic E-state index is 0.306. The van der Waals surface area contributed by atoms with Crippen molar-refractivity contribution in [2.45, 2.75) is 10.1 Å². The molecule has 8 heteroatoms. The van der Waals surface area contributed by atoms with Crippen LogP contribution < -0.4 is 10.1 Å². The Labute approximate surface area is 151 Å². The maximum absolute atomic E-state index is 12.3. The summed E-state index contributed by atoms with van der Waals surface area (Å²) in [6.45, 7) is 0. The number of nitrogens with zero attached hydrogens (tertiary/aromatic N) is 2. The van der Waals surface area contributed by atoms with Gasteiger partial charge in [-0.3, -0.25) is 14.3 Å². The molecule has 1 aromatic heterocycles. The Morgan fingerprint density at radius 2 is 1.84 bits per heavy atom. The molecule has 0 bridgehead atoms. The third-order valence-electron chi connectivity index (χ3n) is 3.31. The fourth-order valence-electron chi connectivity index (χ4n) is 2.05. The maximum Gasteiger partial charge on any atom is 0.257 e. The summed E-state index contributed by atoms with van der Waals surface area (Å²) in [6.07, 6.45) is 0. The summed E-state index contributed by atoms with van der Waals surface area (Å²) in [6, 6.07) is 16.2. The predicted octanol–water partition coefficient (Wildman–Crippen LogP) is 3.11. The maximum atomic E-state index is 12.3. The molecule has 1 heterocycles. The van der Waals surface area contributed by atoms with Crippen molar-refractivity contribution in [3.8, 4) is 5.75 Å². The first-order valence-electron chi connectivity index (χ1n) is 7.37. The Morgan fingerprint density at radius 1 is 1.12 bits per heavy atom. The van der Waals surface area contributed by atoms with Crippen LogP contribution in [0.15, 0.2) is 58.9 Å². The standard InChI is InChI=1S/C17H15N3O3S2/c1-23-14-9-7-13(8-10-14)15(21)18-16-19-20-17(24-16)25(22)11-12-5-3-2-4-6-12/h2-10H,11H2,1H3,(H,18,19,21)/t25-/m0/s1. The number of benzene rings is 2. The molecular weight excluding hydrogens is 358 g/mol. The lowest BCUT2D eigenvalue weighted by Gasteiger charge is -2.02. The Bertz CT molecular complexity index is 880. The van der Waals surface area contributed by atoms with Gasteiger partial charge >= 0.3 is 0 Å². The number of methoxy groups -OCH3 is 1. The topological polar surface area (TPSA) is 81.2 Å². The lowest BCUT2D eigenvalue weighted by atomic mass is 10.2. The Kier molecular flexibility index (Phi) is 5.52. The van der Waals surface area contributed by atoms with Crippen molar-refractivity contribution >= 4 is 33.2 Å². The zero-order chi connectivity index (χ0) is 17.6. The highest BCUT2D eigenvalue weighted by molar-refractivity contribution is 7.86. The summed E-state index contributed by atoms with van der Waals surface area (Å²) in [5, 5.41) is 10.8. The molecule has 0 saturated heterocycles. The van der Waals surface area contributed by atoms with Crippen molar-refractivity contribution in [3.05, 3.63) is 65.7 Å². The number of hydrogen-bond acceptors (Lipinski definition) is 6. The van der Waals surface area contributed by atoms with Crippen molar-refractivity contribution in [1.29, 1.82) is 0 Å². The van der Waals surface area contributed by atoms with E-state index in [1.807, 2.05) is 30.3 Å². The lowest BCUT2D eigenvalue weighted by Crippen LogP contribution is -2.11. The molecule has 0 aliphatic carbocycles. The van der Waals surface area contributed by atoms with Crippen molar-refractivity contribution in [2.75, 3.05) is 12.4 Å². The van der Waals surface area contributed by atoms with E-state index in [0.29, 0.717) is 26.5 Å². The van der Waals surface area contributed by atoms with Crippen LogP contribution in [0.25, 0.3) is 0 Å². The van der Waals surface area contributed by atoms with E-state index in [4.69, 9.17) is 4.74 Å². The second-order valence-electron chi connectivity index (χ2n) is 5.03. The van der Waals surface area contributed by atoms with Gasteiger partial charge in [0.15, 0.2) is 0 Å². The third-order valence-corrected chi connectivity index (χ3v) is 5.82. The van der Waals surface area contributed by atoms with Gasteiger partial charge in [-0.2, -0.15) is 0 Å². The van der Waals surface area contributed by atoms with Crippen molar-refractivity contribution in [3.63, 3.8) is 0 Å². The molecule has 1 atom stereocenters.